The zero-order valence-electron chi connectivity index (χ0n) is 14.0. The van der Waals surface area contributed by atoms with Gasteiger partial charge in [-0.2, -0.15) is 28.1 Å². The Hall–Kier alpha value is -2.49. The van der Waals surface area contributed by atoms with Crippen molar-refractivity contribution in [2.45, 2.75) is 31.0 Å². The first-order valence-corrected chi connectivity index (χ1v) is 8.76. The van der Waals surface area contributed by atoms with Crippen molar-refractivity contribution in [1.82, 2.24) is 15.0 Å². The van der Waals surface area contributed by atoms with Gasteiger partial charge in [-0.15, -0.1) is 11.8 Å². The molecule has 0 spiro atoms. The fraction of sp³-hybridized carbons (Fsp3) is 0.312. The number of hydrogen-bond donors (Lipinski definition) is 2. The Kier molecular flexibility index (Phi) is 4.94. The lowest BCUT2D eigenvalue weighted by atomic mass is 10.2. The smallest absolute Gasteiger partial charge is 0.451 e. The fourth-order valence-electron chi connectivity index (χ4n) is 2.35. The summed E-state index contributed by atoms with van der Waals surface area (Å²) in [5, 5.41) is 3.67. The van der Waals surface area contributed by atoms with E-state index in [1.54, 1.807) is 18.7 Å². The van der Waals surface area contributed by atoms with Crippen LogP contribution in [0.25, 0.3) is 11.0 Å². The second-order valence-electron chi connectivity index (χ2n) is 5.49. The molecule has 1 aromatic carbocycles. The summed E-state index contributed by atoms with van der Waals surface area (Å²) < 4.78 is 44.2. The van der Waals surface area contributed by atoms with Gasteiger partial charge in [0.15, 0.2) is 0 Å². The Labute approximate surface area is 151 Å². The topological polar surface area (TPSA) is 89.9 Å². The summed E-state index contributed by atoms with van der Waals surface area (Å²) in [5.74, 6) is -0.621. The van der Waals surface area contributed by atoms with Crippen LogP contribution >= 0.6 is 11.8 Å². The van der Waals surface area contributed by atoms with E-state index in [9.17, 15) is 13.2 Å². The van der Waals surface area contributed by atoms with Gasteiger partial charge in [-0.3, -0.25) is 0 Å². The third-order valence-electron chi connectivity index (χ3n) is 3.50. The molecule has 0 bridgehead atoms. The van der Waals surface area contributed by atoms with Crippen LogP contribution in [-0.2, 0) is 6.18 Å². The van der Waals surface area contributed by atoms with Crippen LogP contribution in [-0.4, -0.2) is 20.7 Å². The van der Waals surface area contributed by atoms with Gasteiger partial charge in [0.2, 0.25) is 17.7 Å². The van der Waals surface area contributed by atoms with E-state index in [-0.39, 0.29) is 5.95 Å². The number of hydrogen-bond acceptors (Lipinski definition) is 7. The second-order valence-corrected chi connectivity index (χ2v) is 6.82. The molecule has 6 nitrogen and oxygen atoms in total. The van der Waals surface area contributed by atoms with Crippen molar-refractivity contribution < 1.29 is 17.6 Å². The SMILES string of the molecule is CCSc1ccc2cc(C(C)Nc3nc(N)nc(C(F)(F)F)n3)oc2c1. The van der Waals surface area contributed by atoms with Crippen molar-refractivity contribution in [3.8, 4) is 0 Å². The van der Waals surface area contributed by atoms with Crippen LogP contribution in [0.4, 0.5) is 25.1 Å². The summed E-state index contributed by atoms with van der Waals surface area (Å²) in [7, 11) is 0. The number of halogens is 3. The largest absolute Gasteiger partial charge is 0.459 e. The first kappa shape index (κ1) is 18.3. The van der Waals surface area contributed by atoms with Gasteiger partial charge >= 0.3 is 6.18 Å². The van der Waals surface area contributed by atoms with E-state index in [0.29, 0.717) is 11.3 Å². The zero-order valence-corrected chi connectivity index (χ0v) is 14.8. The van der Waals surface area contributed by atoms with E-state index in [4.69, 9.17) is 10.2 Å². The number of nitrogens with zero attached hydrogens (tertiary/aromatic N) is 3. The van der Waals surface area contributed by atoms with E-state index in [0.717, 1.165) is 16.0 Å². The third kappa shape index (κ3) is 4.01. The molecule has 0 aliphatic heterocycles. The van der Waals surface area contributed by atoms with Crippen molar-refractivity contribution >= 4 is 34.6 Å². The lowest BCUT2D eigenvalue weighted by molar-refractivity contribution is -0.144. The highest BCUT2D eigenvalue weighted by Gasteiger charge is 2.35. The van der Waals surface area contributed by atoms with Gasteiger partial charge in [-0.05, 0) is 36.9 Å². The second kappa shape index (κ2) is 7.02. The number of nitrogens with one attached hydrogen (secondary N) is 1. The highest BCUT2D eigenvalue weighted by molar-refractivity contribution is 7.99. The fourth-order valence-corrected chi connectivity index (χ4v) is 3.04. The molecule has 3 aromatic rings. The first-order chi connectivity index (χ1) is 12.3. The number of furan rings is 1. The molecular weight excluding hydrogens is 367 g/mol. The highest BCUT2D eigenvalue weighted by atomic mass is 32.2. The van der Waals surface area contributed by atoms with Gasteiger partial charge in [0.05, 0.1) is 6.04 Å². The monoisotopic (exact) mass is 383 g/mol. The Morgan fingerprint density at radius 2 is 2.00 bits per heavy atom. The minimum atomic E-state index is -4.70. The van der Waals surface area contributed by atoms with Crippen LogP contribution in [0.1, 0.15) is 31.5 Å². The standard InChI is InChI=1S/C16H16F3N5OS/c1-3-26-10-5-4-9-6-11(25-12(9)7-10)8(2)21-15-23-13(16(17,18)19)22-14(20)24-15/h4-8H,3H2,1-2H3,(H3,20,21,22,23,24). The summed E-state index contributed by atoms with van der Waals surface area (Å²) in [6, 6.07) is 7.23. The Morgan fingerprint density at radius 1 is 1.23 bits per heavy atom. The molecule has 0 aliphatic carbocycles. The van der Waals surface area contributed by atoms with E-state index in [1.165, 1.54) is 0 Å². The average molecular weight is 383 g/mol. The number of anilines is 2. The van der Waals surface area contributed by atoms with E-state index >= 15 is 0 Å². The van der Waals surface area contributed by atoms with Crippen LogP contribution in [0.3, 0.4) is 0 Å². The number of nitrogen functional groups attached to an aromatic ring is 1. The summed E-state index contributed by atoms with van der Waals surface area (Å²) in [6.07, 6.45) is -4.70. The lowest BCUT2D eigenvalue weighted by Gasteiger charge is -2.13. The van der Waals surface area contributed by atoms with Crippen molar-refractivity contribution in [3.05, 3.63) is 35.9 Å². The summed E-state index contributed by atoms with van der Waals surface area (Å²) in [5.41, 5.74) is 6.06. The number of benzene rings is 1. The van der Waals surface area contributed by atoms with Gasteiger partial charge in [0.25, 0.3) is 0 Å². The van der Waals surface area contributed by atoms with Crippen LogP contribution in [0.5, 0.6) is 0 Å². The maximum absolute atomic E-state index is 12.8. The van der Waals surface area contributed by atoms with Crippen LogP contribution in [0.15, 0.2) is 33.6 Å². The van der Waals surface area contributed by atoms with Crippen LogP contribution < -0.4 is 11.1 Å². The molecule has 2 aromatic heterocycles. The summed E-state index contributed by atoms with van der Waals surface area (Å²) in [4.78, 5) is 11.3. The minimum absolute atomic E-state index is 0.264. The highest BCUT2D eigenvalue weighted by Crippen LogP contribution is 2.30. The van der Waals surface area contributed by atoms with Crippen LogP contribution in [0.2, 0.25) is 0 Å². The Bertz CT molecular complexity index is 928. The molecule has 0 radical (unpaired) electrons. The maximum Gasteiger partial charge on any atom is 0.451 e. The number of thioether (sulfide) groups is 1. The van der Waals surface area contributed by atoms with Gasteiger partial charge in [-0.1, -0.05) is 6.92 Å². The van der Waals surface area contributed by atoms with Gasteiger partial charge in [0.1, 0.15) is 11.3 Å². The molecule has 3 rings (SSSR count). The molecule has 0 saturated heterocycles. The maximum atomic E-state index is 12.8. The molecule has 138 valence electrons. The normalized spacial score (nSPS) is 13.1. The molecule has 3 N–H and O–H groups in total. The number of aromatic nitrogens is 3. The molecule has 0 aliphatic rings. The van der Waals surface area contributed by atoms with Crippen molar-refractivity contribution in [3.63, 3.8) is 0 Å². The number of fused-ring (bicyclic) bond motifs is 1. The predicted molar refractivity (Wildman–Crippen MR) is 93.9 cm³/mol. The van der Waals surface area contributed by atoms with Gasteiger partial charge in [-0.25, -0.2) is 0 Å². The Balaban J connectivity index is 1.85. The molecule has 10 heteroatoms. The van der Waals surface area contributed by atoms with Gasteiger partial charge < -0.3 is 15.5 Å². The number of rotatable bonds is 5. The Morgan fingerprint density at radius 3 is 2.69 bits per heavy atom. The molecule has 1 unspecified atom stereocenters. The van der Waals surface area contributed by atoms with Crippen molar-refractivity contribution in [2.24, 2.45) is 0 Å². The third-order valence-corrected chi connectivity index (χ3v) is 4.38. The number of alkyl halides is 3. The summed E-state index contributed by atoms with van der Waals surface area (Å²) in [6.45, 7) is 3.79. The molecule has 0 fully saturated rings. The van der Waals surface area contributed by atoms with E-state index in [2.05, 4.69) is 27.2 Å². The molecule has 26 heavy (non-hydrogen) atoms. The summed E-state index contributed by atoms with van der Waals surface area (Å²) >= 11 is 1.69. The average Bonchev–Trinajstić information content (AvgIpc) is 2.97. The molecule has 2 heterocycles. The van der Waals surface area contributed by atoms with Crippen molar-refractivity contribution in [2.75, 3.05) is 16.8 Å². The minimum Gasteiger partial charge on any atom is -0.459 e. The van der Waals surface area contributed by atoms with Gasteiger partial charge in [0, 0.05) is 10.3 Å². The van der Waals surface area contributed by atoms with Crippen LogP contribution in [0, 0.1) is 0 Å². The quantitative estimate of drug-likeness (QED) is 0.627. The lowest BCUT2D eigenvalue weighted by Crippen LogP contribution is -2.17. The molecule has 0 amide bonds. The van der Waals surface area contributed by atoms with Crippen molar-refractivity contribution in [1.29, 1.82) is 0 Å². The van der Waals surface area contributed by atoms with E-state index in [1.807, 2.05) is 24.3 Å². The first-order valence-electron chi connectivity index (χ1n) is 7.78. The predicted octanol–water partition coefficient (Wildman–Crippen LogP) is 4.50. The molecular formula is C16H16F3N5OS. The molecule has 0 saturated carbocycles. The number of nitrogens with two attached hydrogens (primary N) is 1. The molecule has 1 atom stereocenters. The van der Waals surface area contributed by atoms with E-state index < -0.39 is 24.0 Å². The zero-order chi connectivity index (χ0) is 18.9.